The van der Waals surface area contributed by atoms with Gasteiger partial charge in [-0.2, -0.15) is 0 Å². The van der Waals surface area contributed by atoms with Gasteiger partial charge in [0, 0.05) is 11.6 Å². The summed E-state index contributed by atoms with van der Waals surface area (Å²) in [5.74, 6) is -0.433. The van der Waals surface area contributed by atoms with Crippen molar-refractivity contribution in [1.82, 2.24) is 15.1 Å². The number of hydrogen-bond acceptors (Lipinski definition) is 5. The third-order valence-corrected chi connectivity index (χ3v) is 3.41. The van der Waals surface area contributed by atoms with Crippen LogP contribution in [0.5, 0.6) is 0 Å². The molecule has 0 radical (unpaired) electrons. The molecule has 0 unspecified atom stereocenters. The van der Waals surface area contributed by atoms with Gasteiger partial charge in [0.05, 0.1) is 6.42 Å². The topological polar surface area (TPSA) is 121 Å². The molecule has 0 bridgehead atoms. The van der Waals surface area contributed by atoms with Crippen LogP contribution in [0.4, 0.5) is 5.69 Å². The first-order valence-corrected chi connectivity index (χ1v) is 6.91. The van der Waals surface area contributed by atoms with Crippen molar-refractivity contribution in [2.45, 2.75) is 20.3 Å². The van der Waals surface area contributed by atoms with Gasteiger partial charge >= 0.3 is 5.69 Å². The van der Waals surface area contributed by atoms with Gasteiger partial charge in [0.2, 0.25) is 5.91 Å². The van der Waals surface area contributed by atoms with Crippen molar-refractivity contribution in [3.8, 4) is 0 Å². The van der Waals surface area contributed by atoms with Crippen LogP contribution in [0.15, 0.2) is 32.4 Å². The summed E-state index contributed by atoms with van der Waals surface area (Å²) in [5, 5.41) is 7.17. The molecule has 118 valence electrons. The summed E-state index contributed by atoms with van der Waals surface area (Å²) in [6.07, 6.45) is 1.10. The zero-order chi connectivity index (χ0) is 16.6. The van der Waals surface area contributed by atoms with Crippen LogP contribution in [0, 0.1) is 13.8 Å². The SMILES string of the molecule is Cc1cc(C)c2c(CC(=O)Nc3c[nH]c(=O)[nH]c3=O)noc2c1. The van der Waals surface area contributed by atoms with Gasteiger partial charge < -0.3 is 14.8 Å². The lowest BCUT2D eigenvalue weighted by Gasteiger charge is -2.03. The fourth-order valence-electron chi connectivity index (χ4n) is 2.49. The standard InChI is InChI=1S/C15H14N4O4/c1-7-3-8(2)13-9(19-23-11(13)4-7)5-12(20)17-10-6-16-15(22)18-14(10)21/h3-4,6H,5H2,1-2H3,(H,17,20)(H2,16,18,21,22). The quantitative estimate of drug-likeness (QED) is 0.666. The van der Waals surface area contributed by atoms with Gasteiger partial charge in [-0.25, -0.2) is 4.79 Å². The number of aromatic amines is 2. The molecule has 8 heteroatoms. The Morgan fingerprint density at radius 2 is 2.09 bits per heavy atom. The monoisotopic (exact) mass is 314 g/mol. The molecule has 2 aromatic heterocycles. The second-order valence-corrected chi connectivity index (χ2v) is 5.29. The summed E-state index contributed by atoms with van der Waals surface area (Å²) in [4.78, 5) is 38.9. The Kier molecular flexibility index (Phi) is 3.57. The van der Waals surface area contributed by atoms with E-state index in [1.165, 1.54) is 0 Å². The Bertz CT molecular complexity index is 1010. The summed E-state index contributed by atoms with van der Waals surface area (Å²) in [6.45, 7) is 3.87. The van der Waals surface area contributed by atoms with E-state index < -0.39 is 17.2 Å². The minimum Gasteiger partial charge on any atom is -0.356 e. The number of nitrogens with one attached hydrogen (secondary N) is 3. The maximum Gasteiger partial charge on any atom is 0.325 e. The second kappa shape index (κ2) is 5.56. The average molecular weight is 314 g/mol. The van der Waals surface area contributed by atoms with Crippen LogP contribution >= 0.6 is 0 Å². The molecule has 1 amide bonds. The van der Waals surface area contributed by atoms with E-state index in [9.17, 15) is 14.4 Å². The van der Waals surface area contributed by atoms with Crippen LogP contribution in [0.3, 0.4) is 0 Å². The number of carbonyl (C=O) groups excluding carboxylic acids is 1. The fraction of sp³-hybridized carbons (Fsp3) is 0.200. The van der Waals surface area contributed by atoms with E-state index in [0.29, 0.717) is 11.3 Å². The number of amides is 1. The van der Waals surface area contributed by atoms with Gasteiger partial charge in [0.1, 0.15) is 11.4 Å². The van der Waals surface area contributed by atoms with Crippen LogP contribution in [0.1, 0.15) is 16.8 Å². The minimum atomic E-state index is -0.668. The summed E-state index contributed by atoms with van der Waals surface area (Å²) < 4.78 is 5.26. The Morgan fingerprint density at radius 3 is 2.83 bits per heavy atom. The van der Waals surface area contributed by atoms with Crippen molar-refractivity contribution in [1.29, 1.82) is 0 Å². The van der Waals surface area contributed by atoms with Crippen LogP contribution in [0.2, 0.25) is 0 Å². The number of aryl methyl sites for hydroxylation is 2. The van der Waals surface area contributed by atoms with Gasteiger partial charge in [-0.05, 0) is 31.0 Å². The highest BCUT2D eigenvalue weighted by molar-refractivity contribution is 5.95. The van der Waals surface area contributed by atoms with Crippen molar-refractivity contribution >= 4 is 22.6 Å². The molecule has 3 N–H and O–H groups in total. The maximum absolute atomic E-state index is 12.1. The molecule has 0 fully saturated rings. The fourth-order valence-corrected chi connectivity index (χ4v) is 2.49. The average Bonchev–Trinajstić information content (AvgIpc) is 2.85. The Labute approximate surface area is 129 Å². The predicted octanol–water partition coefficient (Wildman–Crippen LogP) is 1.00. The molecule has 8 nitrogen and oxygen atoms in total. The highest BCUT2D eigenvalue weighted by Crippen LogP contribution is 2.24. The lowest BCUT2D eigenvalue weighted by Crippen LogP contribution is -2.27. The largest absolute Gasteiger partial charge is 0.356 e. The number of rotatable bonds is 3. The summed E-state index contributed by atoms with van der Waals surface area (Å²) in [5.41, 5.74) is 1.78. The molecule has 0 spiro atoms. The zero-order valence-electron chi connectivity index (χ0n) is 12.5. The molecule has 3 rings (SSSR count). The number of carbonyl (C=O) groups is 1. The van der Waals surface area contributed by atoms with Crippen molar-refractivity contribution in [3.05, 3.63) is 56.0 Å². The van der Waals surface area contributed by atoms with Crippen LogP contribution in [-0.4, -0.2) is 21.0 Å². The number of benzene rings is 1. The van der Waals surface area contributed by atoms with Gasteiger partial charge in [-0.3, -0.25) is 14.6 Å². The van der Waals surface area contributed by atoms with Gasteiger partial charge in [-0.1, -0.05) is 11.2 Å². The predicted molar refractivity (Wildman–Crippen MR) is 83.5 cm³/mol. The van der Waals surface area contributed by atoms with E-state index in [2.05, 4.69) is 15.5 Å². The third-order valence-electron chi connectivity index (χ3n) is 3.41. The number of fused-ring (bicyclic) bond motifs is 1. The van der Waals surface area contributed by atoms with Gasteiger partial charge in [0.25, 0.3) is 5.56 Å². The van der Waals surface area contributed by atoms with Gasteiger partial charge in [-0.15, -0.1) is 0 Å². The van der Waals surface area contributed by atoms with E-state index in [4.69, 9.17) is 4.52 Å². The Hall–Kier alpha value is -3.16. The van der Waals surface area contributed by atoms with Crippen molar-refractivity contribution < 1.29 is 9.32 Å². The van der Waals surface area contributed by atoms with Crippen molar-refractivity contribution in [3.63, 3.8) is 0 Å². The molecular weight excluding hydrogens is 300 g/mol. The highest BCUT2D eigenvalue weighted by atomic mass is 16.5. The number of anilines is 1. The van der Waals surface area contributed by atoms with E-state index in [-0.39, 0.29) is 12.1 Å². The van der Waals surface area contributed by atoms with Gasteiger partial charge in [0.15, 0.2) is 5.58 Å². The lowest BCUT2D eigenvalue weighted by atomic mass is 10.0. The van der Waals surface area contributed by atoms with Crippen molar-refractivity contribution in [2.24, 2.45) is 0 Å². The smallest absolute Gasteiger partial charge is 0.325 e. The maximum atomic E-state index is 12.1. The molecule has 0 aliphatic carbocycles. The summed E-state index contributed by atoms with van der Waals surface area (Å²) >= 11 is 0. The Morgan fingerprint density at radius 1 is 1.30 bits per heavy atom. The molecule has 0 saturated carbocycles. The lowest BCUT2D eigenvalue weighted by molar-refractivity contribution is -0.115. The van der Waals surface area contributed by atoms with Crippen LogP contribution in [0.25, 0.3) is 11.0 Å². The molecule has 0 aliphatic heterocycles. The first-order chi connectivity index (χ1) is 10.9. The molecular formula is C15H14N4O4. The first kappa shape index (κ1) is 14.8. The van der Waals surface area contributed by atoms with Crippen LogP contribution < -0.4 is 16.6 Å². The molecule has 1 aromatic carbocycles. The number of hydrogen-bond donors (Lipinski definition) is 3. The number of aromatic nitrogens is 3. The van der Waals surface area contributed by atoms with Crippen molar-refractivity contribution in [2.75, 3.05) is 5.32 Å². The van der Waals surface area contributed by atoms with E-state index in [1.807, 2.05) is 31.0 Å². The van der Waals surface area contributed by atoms with E-state index >= 15 is 0 Å². The summed E-state index contributed by atoms with van der Waals surface area (Å²) in [6, 6.07) is 3.83. The summed E-state index contributed by atoms with van der Waals surface area (Å²) in [7, 11) is 0. The number of H-pyrrole nitrogens is 2. The van der Waals surface area contributed by atoms with E-state index in [1.54, 1.807) is 0 Å². The molecule has 0 atom stereocenters. The molecule has 23 heavy (non-hydrogen) atoms. The second-order valence-electron chi connectivity index (χ2n) is 5.29. The molecule has 3 aromatic rings. The first-order valence-electron chi connectivity index (χ1n) is 6.91. The Balaban J connectivity index is 1.86. The zero-order valence-corrected chi connectivity index (χ0v) is 12.5. The molecule has 2 heterocycles. The minimum absolute atomic E-state index is 0.0324. The molecule has 0 aliphatic rings. The molecule has 0 saturated heterocycles. The highest BCUT2D eigenvalue weighted by Gasteiger charge is 2.15. The van der Waals surface area contributed by atoms with Crippen LogP contribution in [-0.2, 0) is 11.2 Å². The van der Waals surface area contributed by atoms with E-state index in [0.717, 1.165) is 22.7 Å². The number of nitrogens with zero attached hydrogens (tertiary/aromatic N) is 1. The third kappa shape index (κ3) is 2.91. The normalized spacial score (nSPS) is 10.9.